The van der Waals surface area contributed by atoms with Crippen LogP contribution < -0.4 is 5.32 Å². The third-order valence-corrected chi connectivity index (χ3v) is 5.27. The zero-order chi connectivity index (χ0) is 15.2. The zero-order valence-corrected chi connectivity index (χ0v) is 14.1. The van der Waals surface area contributed by atoms with Gasteiger partial charge in [-0.1, -0.05) is 17.7 Å². The number of halogens is 1. The van der Waals surface area contributed by atoms with Crippen LogP contribution in [0.1, 0.15) is 30.7 Å². The van der Waals surface area contributed by atoms with E-state index in [9.17, 15) is 4.79 Å². The van der Waals surface area contributed by atoms with E-state index in [1.54, 1.807) is 18.8 Å². The second kappa shape index (κ2) is 8.06. The fourth-order valence-electron chi connectivity index (χ4n) is 2.78. The number of hydrogen-bond acceptors (Lipinski definition) is 3. The maximum Gasteiger partial charge on any atom is 0.227 e. The van der Waals surface area contributed by atoms with Crippen LogP contribution >= 0.6 is 23.4 Å². The number of thioether (sulfide) groups is 1. The highest BCUT2D eigenvalue weighted by Crippen LogP contribution is 2.33. The minimum Gasteiger partial charge on any atom is -0.381 e. The molecule has 1 amide bonds. The largest absolute Gasteiger partial charge is 0.381 e. The van der Waals surface area contributed by atoms with Crippen molar-refractivity contribution < 1.29 is 9.53 Å². The lowest BCUT2D eigenvalue weighted by molar-refractivity contribution is -0.122. The predicted molar refractivity (Wildman–Crippen MR) is 88.2 cm³/mol. The molecule has 0 aromatic heterocycles. The second-order valence-electron chi connectivity index (χ2n) is 5.35. The molecule has 0 saturated carbocycles. The summed E-state index contributed by atoms with van der Waals surface area (Å²) in [6.45, 7) is 1.61. The summed E-state index contributed by atoms with van der Waals surface area (Å²) in [5, 5.41) is 3.51. The van der Waals surface area contributed by atoms with Crippen molar-refractivity contribution in [2.45, 2.75) is 30.1 Å². The average molecular weight is 328 g/mol. The van der Waals surface area contributed by atoms with E-state index in [0.29, 0.717) is 5.92 Å². The van der Waals surface area contributed by atoms with Gasteiger partial charge < -0.3 is 10.1 Å². The number of likely N-dealkylation sites (N-methyl/N-ethyl adjacent to an activating group) is 1. The molecule has 1 heterocycles. The van der Waals surface area contributed by atoms with Gasteiger partial charge in [-0.15, -0.1) is 11.8 Å². The van der Waals surface area contributed by atoms with E-state index >= 15 is 0 Å². The van der Waals surface area contributed by atoms with Gasteiger partial charge in [-0.3, -0.25) is 4.79 Å². The Kier molecular flexibility index (Phi) is 6.40. The molecule has 1 fully saturated rings. The Hall–Kier alpha value is -0.710. The first-order valence-electron chi connectivity index (χ1n) is 7.28. The van der Waals surface area contributed by atoms with Gasteiger partial charge in [0.25, 0.3) is 0 Å². The van der Waals surface area contributed by atoms with Crippen molar-refractivity contribution in [3.8, 4) is 0 Å². The van der Waals surface area contributed by atoms with Gasteiger partial charge in [0.05, 0.1) is 10.9 Å². The van der Waals surface area contributed by atoms with E-state index in [0.717, 1.165) is 48.0 Å². The summed E-state index contributed by atoms with van der Waals surface area (Å²) < 4.78 is 5.40. The molecule has 1 aromatic carbocycles. The van der Waals surface area contributed by atoms with Gasteiger partial charge >= 0.3 is 0 Å². The molecule has 116 valence electrons. The summed E-state index contributed by atoms with van der Waals surface area (Å²) in [6.07, 6.45) is 4.92. The Balaban J connectivity index is 2.18. The van der Waals surface area contributed by atoms with E-state index < -0.39 is 0 Å². The van der Waals surface area contributed by atoms with Crippen molar-refractivity contribution in [2.75, 3.05) is 26.5 Å². The van der Waals surface area contributed by atoms with Crippen molar-refractivity contribution in [1.82, 2.24) is 5.32 Å². The zero-order valence-electron chi connectivity index (χ0n) is 12.5. The van der Waals surface area contributed by atoms with E-state index in [4.69, 9.17) is 16.3 Å². The Morgan fingerprint density at radius 3 is 2.76 bits per heavy atom. The summed E-state index contributed by atoms with van der Waals surface area (Å²) in [5.41, 5.74) is 1.00. The molecule has 1 saturated heterocycles. The number of nitrogens with one attached hydrogen (secondary N) is 1. The Labute approximate surface area is 135 Å². The van der Waals surface area contributed by atoms with Crippen molar-refractivity contribution in [1.29, 1.82) is 0 Å². The van der Waals surface area contributed by atoms with Crippen molar-refractivity contribution >= 4 is 29.3 Å². The first kappa shape index (κ1) is 16.7. The number of ether oxygens (including phenoxy) is 1. The SMILES string of the molecule is CNC(=O)C(CC1CCOCC1)c1ccc(SC)c(Cl)c1. The molecule has 0 bridgehead atoms. The standard InChI is InChI=1S/C16H22ClNO2S/c1-18-16(19)13(9-11-5-7-20-8-6-11)12-3-4-15(21-2)14(17)10-12/h3-4,10-11,13H,5-9H2,1-2H3,(H,18,19). The fourth-order valence-corrected chi connectivity index (χ4v) is 3.66. The number of carbonyl (C=O) groups excluding carboxylic acids is 1. The van der Waals surface area contributed by atoms with Gasteiger partial charge in [-0.2, -0.15) is 0 Å². The third-order valence-electron chi connectivity index (χ3n) is 4.05. The van der Waals surface area contributed by atoms with Crippen molar-refractivity contribution in [2.24, 2.45) is 5.92 Å². The van der Waals surface area contributed by atoms with Crippen LogP contribution in [-0.2, 0) is 9.53 Å². The molecular formula is C16H22ClNO2S. The Morgan fingerprint density at radius 2 is 2.19 bits per heavy atom. The molecule has 0 spiro atoms. The van der Waals surface area contributed by atoms with E-state index in [1.165, 1.54) is 0 Å². The van der Waals surface area contributed by atoms with Gasteiger partial charge in [0, 0.05) is 25.2 Å². The van der Waals surface area contributed by atoms with E-state index in [2.05, 4.69) is 5.32 Å². The summed E-state index contributed by atoms with van der Waals surface area (Å²) in [6, 6.07) is 5.96. The van der Waals surface area contributed by atoms with Gasteiger partial charge in [0.2, 0.25) is 5.91 Å². The van der Waals surface area contributed by atoms with Gasteiger partial charge in [-0.05, 0) is 49.1 Å². The van der Waals surface area contributed by atoms with E-state index in [-0.39, 0.29) is 11.8 Å². The number of rotatable bonds is 5. The minimum atomic E-state index is -0.133. The van der Waals surface area contributed by atoms with Crippen LogP contribution in [0.15, 0.2) is 23.1 Å². The van der Waals surface area contributed by atoms with Crippen LogP contribution in [0.5, 0.6) is 0 Å². The molecule has 3 nitrogen and oxygen atoms in total. The summed E-state index contributed by atoms with van der Waals surface area (Å²) >= 11 is 7.91. The first-order valence-corrected chi connectivity index (χ1v) is 8.88. The minimum absolute atomic E-state index is 0.0643. The molecular weight excluding hydrogens is 306 g/mol. The maximum absolute atomic E-state index is 12.3. The molecule has 0 aliphatic carbocycles. The summed E-state index contributed by atoms with van der Waals surface area (Å²) in [4.78, 5) is 13.3. The third kappa shape index (κ3) is 4.38. The van der Waals surface area contributed by atoms with E-state index in [1.807, 2.05) is 24.5 Å². The Bertz CT molecular complexity index is 489. The van der Waals surface area contributed by atoms with Gasteiger partial charge in [0.15, 0.2) is 0 Å². The topological polar surface area (TPSA) is 38.3 Å². The van der Waals surface area contributed by atoms with Gasteiger partial charge in [-0.25, -0.2) is 0 Å². The first-order chi connectivity index (χ1) is 10.2. The molecule has 2 rings (SSSR count). The molecule has 1 aliphatic heterocycles. The highest BCUT2D eigenvalue weighted by Gasteiger charge is 2.25. The highest BCUT2D eigenvalue weighted by atomic mass is 35.5. The highest BCUT2D eigenvalue weighted by molar-refractivity contribution is 7.98. The smallest absolute Gasteiger partial charge is 0.227 e. The quantitative estimate of drug-likeness (QED) is 0.838. The van der Waals surface area contributed by atoms with Crippen LogP contribution in [0.3, 0.4) is 0 Å². The fraction of sp³-hybridized carbons (Fsp3) is 0.562. The number of amides is 1. The van der Waals surface area contributed by atoms with Gasteiger partial charge in [0.1, 0.15) is 0 Å². The molecule has 21 heavy (non-hydrogen) atoms. The van der Waals surface area contributed by atoms with Crippen molar-refractivity contribution in [3.05, 3.63) is 28.8 Å². The molecule has 5 heteroatoms. The van der Waals surface area contributed by atoms with Crippen LogP contribution in [0, 0.1) is 5.92 Å². The number of carbonyl (C=O) groups is 1. The lowest BCUT2D eigenvalue weighted by Gasteiger charge is -2.26. The molecule has 1 aromatic rings. The second-order valence-corrected chi connectivity index (χ2v) is 6.61. The molecule has 1 unspecified atom stereocenters. The van der Waals surface area contributed by atoms with Crippen molar-refractivity contribution in [3.63, 3.8) is 0 Å². The maximum atomic E-state index is 12.3. The summed E-state index contributed by atoms with van der Waals surface area (Å²) in [7, 11) is 1.69. The van der Waals surface area contributed by atoms with Crippen LogP contribution in [-0.4, -0.2) is 32.4 Å². The lowest BCUT2D eigenvalue weighted by atomic mass is 9.84. The molecule has 1 N–H and O–H groups in total. The average Bonchev–Trinajstić information content (AvgIpc) is 2.53. The van der Waals surface area contributed by atoms with Crippen LogP contribution in [0.4, 0.5) is 0 Å². The predicted octanol–water partition coefficient (Wildman–Crippen LogP) is 3.71. The normalized spacial score (nSPS) is 17.5. The summed E-state index contributed by atoms with van der Waals surface area (Å²) in [5.74, 6) is 0.473. The molecule has 0 radical (unpaired) electrons. The number of benzene rings is 1. The lowest BCUT2D eigenvalue weighted by Crippen LogP contribution is -2.29. The van der Waals surface area contributed by atoms with Crippen LogP contribution in [0.25, 0.3) is 0 Å². The number of hydrogen-bond donors (Lipinski definition) is 1. The molecule has 1 aliphatic rings. The molecule has 1 atom stereocenters. The van der Waals surface area contributed by atoms with Crippen LogP contribution in [0.2, 0.25) is 5.02 Å². The Morgan fingerprint density at radius 1 is 1.48 bits per heavy atom. The monoisotopic (exact) mass is 327 g/mol.